The number of nitrogens with zero attached hydrogens (tertiary/aromatic N) is 30. The van der Waals surface area contributed by atoms with Crippen molar-refractivity contribution in [3.05, 3.63) is 290 Å². The van der Waals surface area contributed by atoms with E-state index < -0.39 is 5.82 Å². The smallest absolute Gasteiger partial charge is 0.258 e. The summed E-state index contributed by atoms with van der Waals surface area (Å²) >= 11 is 0. The Labute approximate surface area is 857 Å². The zero-order valence-electron chi connectivity index (χ0n) is 86.9. The first kappa shape index (κ1) is 99.5. The molecule has 20 aromatic rings. The van der Waals surface area contributed by atoms with Gasteiger partial charge in [-0.1, -0.05) is 20.8 Å². The van der Waals surface area contributed by atoms with Gasteiger partial charge in [0.1, 0.15) is 16.9 Å². The van der Waals surface area contributed by atoms with Crippen LogP contribution in [-0.4, -0.2) is 230 Å². The van der Waals surface area contributed by atoms with Gasteiger partial charge in [0.05, 0.1) is 120 Å². The van der Waals surface area contributed by atoms with Gasteiger partial charge in [-0.05, 0) is 283 Å². The standard InChI is InChI=1S/C24H28N6O.C23H25FN6O.C22H25N7O.C22H24N6O.C20H21N7O/c1-5-29-8-6-17(7-9-29)21-14-30-22(31)12-20(26-24(30)16(3)25-21)18-10-15(2)23-19(11-18)13-28(4)27-23;1-4-29-7-5-15(6-8-29)20-13-30-21(31)11-19(26-23(30)14(2)25-20)16-9-17-12-28(3)27-22(17)18(24)10-16;1-4-27-9-7-16(8-10-27)19-13-28-21(30)11-18(25-22(28)15(3)24-19)17-5-6-20-23-14(2)12-29(20)26-17;1-13-8-16(9-17-11-27(3)26-21(13)17)18-10-20(29)28-12-19(15-4-6-23-7-5-15)24-14(2)22(28)25-18;1-12-10-27-18(22-12)4-3-15(25-27)16-9-19(28)26-11-17(14-5-7-21-8-6-14)23-13(2)20(26)24-16/h10-14,17H,5-9H2,1-4H3;9-13,15H,4-8H2,1-3H3;5-6,11-13,16H,4,7-10H2,1-3H3;8-12,15,23H,4-7H2,1-3H3;3-4,9-11,14,21H,5-8H2,1-2H3. The molecule has 0 radical (unpaired) electrons. The van der Waals surface area contributed by atoms with Crippen LogP contribution in [0.3, 0.4) is 0 Å². The first-order valence-corrected chi connectivity index (χ1v) is 51.8. The molecule has 25 rings (SSSR count). The highest BCUT2D eigenvalue weighted by atomic mass is 19.1. The van der Waals surface area contributed by atoms with Gasteiger partial charge in [0, 0.05) is 163 Å². The molecule has 764 valence electrons. The fourth-order valence-electron chi connectivity index (χ4n) is 21.7. The second-order valence-electron chi connectivity index (χ2n) is 40.4. The first-order valence-electron chi connectivity index (χ1n) is 51.8. The van der Waals surface area contributed by atoms with Gasteiger partial charge < -0.3 is 25.3 Å². The monoisotopic (exact) mass is 2000 g/mol. The van der Waals surface area contributed by atoms with Crippen molar-refractivity contribution in [3.8, 4) is 56.5 Å². The minimum atomic E-state index is -0.432. The van der Waals surface area contributed by atoms with Gasteiger partial charge in [-0.15, -0.1) is 0 Å². The highest BCUT2D eigenvalue weighted by Gasteiger charge is 2.30. The Morgan fingerprint density at radius 3 is 0.859 bits per heavy atom. The summed E-state index contributed by atoms with van der Waals surface area (Å²) in [6, 6.07) is 26.6. The van der Waals surface area contributed by atoms with Crippen molar-refractivity contribution >= 4 is 72.2 Å². The van der Waals surface area contributed by atoms with E-state index in [9.17, 15) is 28.4 Å². The Hall–Kier alpha value is -15.5. The summed E-state index contributed by atoms with van der Waals surface area (Å²) in [7, 11) is 5.58. The number of rotatable bonds is 13. The number of piperidine rings is 5. The summed E-state index contributed by atoms with van der Waals surface area (Å²) in [5.41, 5.74) is 25.3. The van der Waals surface area contributed by atoms with E-state index in [0.29, 0.717) is 120 Å². The minimum Gasteiger partial charge on any atom is -0.317 e. The van der Waals surface area contributed by atoms with Gasteiger partial charge in [0.2, 0.25) is 0 Å². The SMILES string of the molecule is CCN1CCC(c2cn3c(=O)cc(-c4cc(C)c5nn(C)cc5c4)nc3c(C)n2)CC1.CCN1CCC(c2cn3c(=O)cc(-c4cc(F)c5nn(C)cc5c4)nc3c(C)n2)CC1.CCN1CCC(c2cn3c(=O)cc(-c4ccc5nc(C)cn5n4)nc3c(C)n2)CC1.Cc1cc(-c2cc(=O)n3cc(C4CCNCC4)nc(C)c3n2)cc2cn(C)nc12.Cc1cn2nc(-c3cc(=O)n4cc(C5CCNCC5)nc(C)c4n3)ccc2n1. The lowest BCUT2D eigenvalue weighted by molar-refractivity contribution is 0.220. The third-order valence-corrected chi connectivity index (χ3v) is 29.8. The summed E-state index contributed by atoms with van der Waals surface area (Å²) in [6.45, 7) is 37.7. The molecule has 5 aliphatic rings. The van der Waals surface area contributed by atoms with Crippen LogP contribution < -0.4 is 38.4 Å². The van der Waals surface area contributed by atoms with Crippen LogP contribution in [0.25, 0.3) is 129 Å². The van der Waals surface area contributed by atoms with Crippen molar-refractivity contribution in [2.45, 2.75) is 177 Å². The van der Waals surface area contributed by atoms with Crippen LogP contribution in [0.15, 0.2) is 177 Å². The molecule has 3 aromatic carbocycles. The number of hydrogen-bond donors (Lipinski definition) is 2. The number of hydrogen-bond acceptors (Lipinski definition) is 27. The largest absolute Gasteiger partial charge is 0.317 e. The Kier molecular flexibility index (Phi) is 27.8. The summed E-state index contributed by atoms with van der Waals surface area (Å²) < 4.78 is 31.3. The van der Waals surface area contributed by atoms with Crippen LogP contribution in [0.1, 0.15) is 194 Å². The highest BCUT2D eigenvalue weighted by Crippen LogP contribution is 2.36. The molecule has 149 heavy (non-hydrogen) atoms. The van der Waals surface area contributed by atoms with Crippen LogP contribution in [-0.2, 0) is 21.1 Å². The third-order valence-electron chi connectivity index (χ3n) is 29.8. The molecule has 0 amide bonds. The summed E-state index contributed by atoms with van der Waals surface area (Å²) in [5, 5.41) is 31.8. The van der Waals surface area contributed by atoms with Crippen molar-refractivity contribution in [2.24, 2.45) is 21.1 Å². The van der Waals surface area contributed by atoms with Gasteiger partial charge in [0.25, 0.3) is 27.8 Å². The van der Waals surface area contributed by atoms with Gasteiger partial charge in [0.15, 0.2) is 45.3 Å². The quantitative estimate of drug-likeness (QED) is 0.108. The lowest BCUT2D eigenvalue weighted by atomic mass is 9.93. The van der Waals surface area contributed by atoms with Gasteiger partial charge in [-0.25, -0.2) is 48.3 Å². The van der Waals surface area contributed by atoms with E-state index in [1.165, 1.54) is 18.2 Å². The molecule has 37 nitrogen and oxygen atoms in total. The number of halogens is 1. The number of benzene rings is 3. The minimum absolute atomic E-state index is 0.0679. The fourth-order valence-corrected chi connectivity index (χ4v) is 21.7. The maximum absolute atomic E-state index is 14.5. The first-order chi connectivity index (χ1) is 71.9. The number of aryl methyl sites for hydroxylation is 12. The molecule has 0 bridgehead atoms. The van der Waals surface area contributed by atoms with Crippen LogP contribution in [0.4, 0.5) is 4.39 Å². The molecule has 2 N–H and O–H groups in total. The molecule has 5 fully saturated rings. The van der Waals surface area contributed by atoms with Crippen molar-refractivity contribution in [3.63, 3.8) is 0 Å². The molecule has 38 heteroatoms. The van der Waals surface area contributed by atoms with E-state index in [0.717, 1.165) is 267 Å². The molecular weight excluding hydrogens is 1880 g/mol. The van der Waals surface area contributed by atoms with Gasteiger partial charge >= 0.3 is 0 Å². The van der Waals surface area contributed by atoms with E-state index in [1.54, 1.807) is 71.8 Å². The fraction of sp³-hybridized carbons (Fsp3) is 0.387. The molecule has 0 aliphatic carbocycles. The Bertz CT molecular complexity index is 8710. The second-order valence-corrected chi connectivity index (χ2v) is 40.4. The molecule has 5 aliphatic heterocycles. The maximum Gasteiger partial charge on any atom is 0.258 e. The number of aromatic nitrogens is 27. The molecule has 5 saturated heterocycles. The van der Waals surface area contributed by atoms with E-state index in [1.807, 2.05) is 191 Å². The van der Waals surface area contributed by atoms with E-state index >= 15 is 0 Å². The van der Waals surface area contributed by atoms with Crippen molar-refractivity contribution in [2.75, 3.05) is 85.1 Å². The van der Waals surface area contributed by atoms with Crippen molar-refractivity contribution in [1.29, 1.82) is 0 Å². The zero-order chi connectivity index (χ0) is 104. The van der Waals surface area contributed by atoms with Crippen molar-refractivity contribution in [1.82, 2.24) is 156 Å². The zero-order valence-corrected chi connectivity index (χ0v) is 86.9. The second kappa shape index (κ2) is 41.7. The number of fused-ring (bicyclic) bond motifs is 10. The Morgan fingerprint density at radius 2 is 0.557 bits per heavy atom. The van der Waals surface area contributed by atoms with Crippen LogP contribution in [0, 0.1) is 68.1 Å². The lowest BCUT2D eigenvalue weighted by Crippen LogP contribution is -2.33. The van der Waals surface area contributed by atoms with Gasteiger partial charge in [-0.3, -0.25) is 84.9 Å². The predicted molar refractivity (Wildman–Crippen MR) is 574 cm³/mol. The lowest BCUT2D eigenvalue weighted by Gasteiger charge is -2.30. The predicted octanol–water partition coefficient (Wildman–Crippen LogP) is 14.0. The number of likely N-dealkylation sites (tertiary alicyclic amines) is 3. The normalized spacial score (nSPS) is 15.7. The topological polar surface area (TPSA) is 384 Å². The molecule has 0 atom stereocenters. The Balaban J connectivity index is 0.000000109. The molecular formula is C111H123FN32O5. The third kappa shape index (κ3) is 20.7. The number of nitrogens with one attached hydrogen (secondary N) is 2. The summed E-state index contributed by atoms with van der Waals surface area (Å²) in [5.74, 6) is 1.47. The van der Waals surface area contributed by atoms with E-state index in [2.05, 4.69) is 86.5 Å². The van der Waals surface area contributed by atoms with Crippen LogP contribution in [0.2, 0.25) is 0 Å². The highest BCUT2D eigenvalue weighted by molar-refractivity contribution is 5.88. The van der Waals surface area contributed by atoms with Crippen molar-refractivity contribution < 1.29 is 4.39 Å². The van der Waals surface area contributed by atoms with E-state index in [4.69, 9.17) is 44.9 Å². The molecule has 0 saturated carbocycles. The molecule has 0 spiro atoms. The van der Waals surface area contributed by atoms with Crippen LogP contribution >= 0.6 is 0 Å². The average molecular weight is 2000 g/mol. The Morgan fingerprint density at radius 1 is 0.289 bits per heavy atom. The summed E-state index contributed by atoms with van der Waals surface area (Å²) in [4.78, 5) is 129. The average Bonchev–Trinajstić information content (AvgIpc) is 1.42. The maximum atomic E-state index is 14.5. The summed E-state index contributed by atoms with van der Waals surface area (Å²) in [6.07, 6.45) is 29.3. The van der Waals surface area contributed by atoms with Gasteiger partial charge in [-0.2, -0.15) is 25.5 Å². The number of imidazole rings is 2. The molecule has 17 aromatic heterocycles. The molecule has 0 unspecified atom stereocenters. The van der Waals surface area contributed by atoms with Crippen LogP contribution in [0.5, 0.6) is 0 Å². The van der Waals surface area contributed by atoms with E-state index in [-0.39, 0.29) is 27.8 Å². The molecule has 22 heterocycles.